The summed E-state index contributed by atoms with van der Waals surface area (Å²) in [4.78, 5) is 14.9. The van der Waals surface area contributed by atoms with E-state index in [1.54, 1.807) is 0 Å². The summed E-state index contributed by atoms with van der Waals surface area (Å²) in [5, 5.41) is 20.5. The van der Waals surface area contributed by atoms with Gasteiger partial charge in [-0.25, -0.2) is 0 Å². The van der Waals surface area contributed by atoms with Crippen molar-refractivity contribution in [2.45, 2.75) is 31.8 Å². The summed E-state index contributed by atoms with van der Waals surface area (Å²) in [6.45, 7) is 3.87. The van der Waals surface area contributed by atoms with Crippen molar-refractivity contribution in [2.75, 3.05) is 11.5 Å². The summed E-state index contributed by atoms with van der Waals surface area (Å²) in [7, 11) is 0. The predicted octanol–water partition coefficient (Wildman–Crippen LogP) is 4.08. The maximum atomic E-state index is 13.0. The molecule has 0 spiro atoms. The van der Waals surface area contributed by atoms with Crippen molar-refractivity contribution in [3.63, 3.8) is 0 Å². The first kappa shape index (κ1) is 18.8. The number of carbonyl (C=O) groups is 1. The predicted molar refractivity (Wildman–Crippen MR) is 110 cm³/mol. The van der Waals surface area contributed by atoms with Gasteiger partial charge in [-0.05, 0) is 31.5 Å². The van der Waals surface area contributed by atoms with Crippen molar-refractivity contribution < 1.29 is 9.53 Å². The van der Waals surface area contributed by atoms with Crippen LogP contribution in [-0.4, -0.2) is 24.5 Å². The molecule has 0 bridgehead atoms. The molecule has 29 heavy (non-hydrogen) atoms. The average molecular weight is 383 g/mol. The summed E-state index contributed by atoms with van der Waals surface area (Å²) in [5.74, 6) is -0.111. The van der Waals surface area contributed by atoms with Gasteiger partial charge in [-0.3, -0.25) is 4.79 Å². The Morgan fingerprint density at radius 2 is 1.83 bits per heavy atom. The fourth-order valence-corrected chi connectivity index (χ4v) is 4.76. The van der Waals surface area contributed by atoms with E-state index in [0.717, 1.165) is 16.8 Å². The van der Waals surface area contributed by atoms with E-state index in [9.17, 15) is 15.3 Å². The zero-order valence-electron chi connectivity index (χ0n) is 16.4. The number of Topliss-reactive ketones (excluding diaryl/α,β-unsaturated/α-hetero) is 1. The molecule has 2 heterocycles. The van der Waals surface area contributed by atoms with E-state index in [0.29, 0.717) is 12.4 Å². The fraction of sp³-hybridized carbons (Fsp3) is 0.292. The quantitative estimate of drug-likeness (QED) is 0.795. The lowest BCUT2D eigenvalue weighted by atomic mass is 9.69. The molecule has 1 fully saturated rings. The third-order valence-corrected chi connectivity index (χ3v) is 5.89. The first-order chi connectivity index (χ1) is 14.1. The molecule has 0 aromatic heterocycles. The molecule has 0 N–H and O–H groups in total. The van der Waals surface area contributed by atoms with Crippen molar-refractivity contribution in [1.29, 1.82) is 10.5 Å². The van der Waals surface area contributed by atoms with E-state index in [2.05, 4.69) is 12.1 Å². The Balaban J connectivity index is 2.00. The van der Waals surface area contributed by atoms with Crippen LogP contribution in [0, 0.1) is 28.1 Å². The zero-order chi connectivity index (χ0) is 20.6. The average Bonchev–Trinajstić information content (AvgIpc) is 3.05. The smallest absolute Gasteiger partial charge is 0.176 e. The van der Waals surface area contributed by atoms with Gasteiger partial charge in [-0.15, -0.1) is 0 Å². The van der Waals surface area contributed by atoms with Crippen LogP contribution >= 0.6 is 0 Å². The van der Waals surface area contributed by atoms with Crippen molar-refractivity contribution in [3.05, 3.63) is 65.7 Å². The number of para-hydroxylation sites is 2. The molecular formula is C24H21N3O2. The van der Waals surface area contributed by atoms with Crippen LogP contribution in [0.15, 0.2) is 54.6 Å². The minimum atomic E-state index is -1.42. The van der Waals surface area contributed by atoms with Gasteiger partial charge in [0.05, 0.1) is 30.8 Å². The molecule has 0 saturated carbocycles. The number of nitrogens with zero attached hydrogens (tertiary/aromatic N) is 3. The summed E-state index contributed by atoms with van der Waals surface area (Å²) in [5.41, 5.74) is 1.14. The molecule has 2 aliphatic heterocycles. The second kappa shape index (κ2) is 7.11. The van der Waals surface area contributed by atoms with E-state index in [1.807, 2.05) is 72.5 Å². The topological polar surface area (TPSA) is 77.1 Å². The van der Waals surface area contributed by atoms with Crippen LogP contribution in [0.3, 0.4) is 0 Å². The van der Waals surface area contributed by atoms with Gasteiger partial charge in [-0.2, -0.15) is 10.5 Å². The third-order valence-electron chi connectivity index (χ3n) is 5.89. The lowest BCUT2D eigenvalue weighted by molar-refractivity contribution is -0.118. The number of rotatable bonds is 4. The Morgan fingerprint density at radius 1 is 1.14 bits per heavy atom. The Bertz CT molecular complexity index is 1060. The third kappa shape index (κ3) is 2.62. The highest BCUT2D eigenvalue weighted by Gasteiger charge is 2.63. The minimum absolute atomic E-state index is 0.0798. The van der Waals surface area contributed by atoms with Crippen molar-refractivity contribution in [1.82, 2.24) is 0 Å². The Kier molecular flexibility index (Phi) is 4.60. The first-order valence-corrected chi connectivity index (χ1v) is 9.69. The maximum absolute atomic E-state index is 13.0. The molecule has 3 atom stereocenters. The van der Waals surface area contributed by atoms with Gasteiger partial charge >= 0.3 is 0 Å². The number of fused-ring (bicyclic) bond motifs is 3. The van der Waals surface area contributed by atoms with Crippen molar-refractivity contribution in [2.24, 2.45) is 5.41 Å². The Hall–Kier alpha value is -3.57. The van der Waals surface area contributed by atoms with Crippen LogP contribution in [0.5, 0.6) is 5.75 Å². The molecule has 5 nitrogen and oxygen atoms in total. The second-order valence-corrected chi connectivity index (χ2v) is 7.37. The summed E-state index contributed by atoms with van der Waals surface area (Å²) < 4.78 is 5.82. The summed E-state index contributed by atoms with van der Waals surface area (Å²) in [6.07, 6.45) is 3.82. The molecular weight excluding hydrogens is 362 g/mol. The van der Waals surface area contributed by atoms with Gasteiger partial charge in [0, 0.05) is 17.2 Å². The number of benzene rings is 2. The van der Waals surface area contributed by atoms with Gasteiger partial charge in [0.2, 0.25) is 0 Å². The highest BCUT2D eigenvalue weighted by molar-refractivity contribution is 5.91. The molecule has 2 aromatic rings. The highest BCUT2D eigenvalue weighted by Crippen LogP contribution is 2.56. The molecule has 0 aliphatic carbocycles. The standard InChI is InChI=1S/C24H21N3O2/c1-3-29-20-11-7-5-9-18(20)22-23(16(2)28)27-19-10-6-4-8-17(19)12-13-21(27)24(22,14-25)15-26/h4-13,21-23H,3H2,1-2H3. The van der Waals surface area contributed by atoms with Crippen LogP contribution in [0.1, 0.15) is 30.9 Å². The second-order valence-electron chi connectivity index (χ2n) is 7.37. The lowest BCUT2D eigenvalue weighted by Gasteiger charge is -2.35. The van der Waals surface area contributed by atoms with Crippen LogP contribution in [0.4, 0.5) is 5.69 Å². The summed E-state index contributed by atoms with van der Waals surface area (Å²) in [6, 6.07) is 18.6. The molecule has 2 aromatic carbocycles. The number of ketones is 1. The normalized spacial score (nSPS) is 23.4. The van der Waals surface area contributed by atoms with Gasteiger partial charge in [0.1, 0.15) is 5.75 Å². The van der Waals surface area contributed by atoms with Crippen molar-refractivity contribution >= 4 is 17.5 Å². The number of nitriles is 2. The molecule has 5 heteroatoms. The highest BCUT2D eigenvalue weighted by atomic mass is 16.5. The number of anilines is 1. The number of hydrogen-bond donors (Lipinski definition) is 0. The summed E-state index contributed by atoms with van der Waals surface area (Å²) >= 11 is 0. The van der Waals surface area contributed by atoms with Crippen LogP contribution in [0.2, 0.25) is 0 Å². The van der Waals surface area contributed by atoms with E-state index in [1.165, 1.54) is 6.92 Å². The monoisotopic (exact) mass is 383 g/mol. The van der Waals surface area contributed by atoms with E-state index >= 15 is 0 Å². The van der Waals surface area contributed by atoms with Gasteiger partial charge in [-0.1, -0.05) is 48.6 Å². The molecule has 2 aliphatic rings. The first-order valence-electron chi connectivity index (χ1n) is 9.69. The lowest BCUT2D eigenvalue weighted by Crippen LogP contribution is -2.43. The number of hydrogen-bond acceptors (Lipinski definition) is 5. The maximum Gasteiger partial charge on any atom is 0.176 e. The SMILES string of the molecule is CCOc1ccccc1C1C(C(C)=O)N2c3ccccc3C=CC2C1(C#N)C#N. The van der Waals surface area contributed by atoms with E-state index in [-0.39, 0.29) is 5.78 Å². The number of carbonyl (C=O) groups excluding carboxylic acids is 1. The molecule has 0 radical (unpaired) electrons. The van der Waals surface area contributed by atoms with Crippen LogP contribution < -0.4 is 9.64 Å². The molecule has 1 saturated heterocycles. The van der Waals surface area contributed by atoms with Crippen LogP contribution in [-0.2, 0) is 4.79 Å². The molecule has 4 rings (SSSR count). The van der Waals surface area contributed by atoms with Gasteiger partial charge in [0.15, 0.2) is 11.2 Å². The Labute approximate surface area is 170 Å². The Morgan fingerprint density at radius 3 is 2.52 bits per heavy atom. The van der Waals surface area contributed by atoms with Crippen molar-refractivity contribution in [3.8, 4) is 17.9 Å². The molecule has 144 valence electrons. The van der Waals surface area contributed by atoms with Gasteiger partial charge in [0.25, 0.3) is 0 Å². The fourth-order valence-electron chi connectivity index (χ4n) is 4.76. The van der Waals surface area contributed by atoms with Crippen LogP contribution in [0.25, 0.3) is 6.08 Å². The van der Waals surface area contributed by atoms with Gasteiger partial charge < -0.3 is 9.64 Å². The zero-order valence-corrected chi connectivity index (χ0v) is 16.4. The number of ether oxygens (including phenoxy) is 1. The van der Waals surface area contributed by atoms with E-state index < -0.39 is 23.4 Å². The minimum Gasteiger partial charge on any atom is -0.494 e. The van der Waals surface area contributed by atoms with E-state index in [4.69, 9.17) is 4.74 Å². The molecule has 0 amide bonds. The molecule has 3 unspecified atom stereocenters. The largest absolute Gasteiger partial charge is 0.494 e.